The lowest BCUT2D eigenvalue weighted by atomic mass is 10.1. The lowest BCUT2D eigenvalue weighted by molar-refractivity contribution is -0.107. The smallest absolute Gasteiger partial charge is 0.146 e. The second-order valence-corrected chi connectivity index (χ2v) is 12.5. The van der Waals surface area contributed by atoms with Gasteiger partial charge in [0, 0.05) is 85.3 Å². The van der Waals surface area contributed by atoms with Crippen LogP contribution in [0.2, 0.25) is 0 Å². The predicted octanol–water partition coefficient (Wildman–Crippen LogP) is 1.98. The Bertz CT molecular complexity index is 784. The van der Waals surface area contributed by atoms with E-state index < -0.39 is 0 Å². The molecule has 6 saturated heterocycles. The number of methoxy groups -OCH3 is 12. The van der Waals surface area contributed by atoms with Gasteiger partial charge >= 0.3 is 0 Å². The fourth-order valence-corrected chi connectivity index (χ4v) is 6.14. The van der Waals surface area contributed by atoms with Crippen molar-refractivity contribution in [3.8, 4) is 0 Å². The summed E-state index contributed by atoms with van der Waals surface area (Å²) in [5, 5.41) is 0. The molecule has 0 aromatic carbocycles. The number of hydrogen-bond donors (Lipinski definition) is 0. The van der Waals surface area contributed by atoms with Crippen LogP contribution in [0.15, 0.2) is 0 Å². The van der Waals surface area contributed by atoms with Gasteiger partial charge in [0.15, 0.2) is 0 Å². The first kappa shape index (κ1) is 63.4. The summed E-state index contributed by atoms with van der Waals surface area (Å²) in [6, 6.07) is 0. The fourth-order valence-electron chi connectivity index (χ4n) is 6.14. The van der Waals surface area contributed by atoms with E-state index in [9.17, 15) is 0 Å². The Kier molecular flexibility index (Phi) is 43.3. The van der Waals surface area contributed by atoms with Crippen LogP contribution in [0.5, 0.6) is 0 Å². The van der Waals surface area contributed by atoms with Crippen LogP contribution >= 0.6 is 0 Å². The highest BCUT2D eigenvalue weighted by molar-refractivity contribution is 4.97. The number of hydrogen-bond acceptors (Lipinski definition) is 21. The zero-order valence-electron chi connectivity index (χ0n) is 36.0. The molecule has 6 heterocycles. The van der Waals surface area contributed by atoms with Crippen LogP contribution in [-0.2, 0) is 99.5 Å². The zero-order valence-corrected chi connectivity index (χ0v) is 36.0. The number of rotatable bonds is 18. The van der Waals surface area contributed by atoms with Gasteiger partial charge in [0.25, 0.3) is 0 Å². The minimum absolute atomic E-state index is 0. The number of fused-ring (bicyclic) bond motifs is 3. The third kappa shape index (κ3) is 22.7. The molecule has 6 aliphatic rings. The van der Waals surface area contributed by atoms with E-state index in [4.69, 9.17) is 71.1 Å². The normalized spacial score (nSPS) is 31.2. The monoisotopic (exact) mass is 889 g/mol. The van der Waals surface area contributed by atoms with Gasteiger partial charge in [-0.2, -0.15) is 0 Å². The summed E-state index contributed by atoms with van der Waals surface area (Å²) in [4.78, 5) is 0. The molecule has 12 atom stereocenters. The molecule has 6 fully saturated rings. The highest BCUT2D eigenvalue weighted by atomic mass is 16.7. The average molecular weight is 889 g/mol. The maximum atomic E-state index is 5.56. The van der Waals surface area contributed by atoms with Crippen molar-refractivity contribution < 1.29 is 99.5 Å². The van der Waals surface area contributed by atoms with Crippen molar-refractivity contribution in [3.63, 3.8) is 0 Å². The summed E-state index contributed by atoms with van der Waals surface area (Å²) in [6.07, 6.45) is 0.0644. The Labute approximate surface area is 360 Å². The van der Waals surface area contributed by atoms with Gasteiger partial charge in [-0.15, -0.1) is 0 Å². The number of ether oxygens (including phenoxy) is 21. The Morgan fingerprint density at radius 3 is 0.583 bits per heavy atom. The largest absolute Gasteiger partial charge is 0.376 e. The molecule has 0 amide bonds. The van der Waals surface area contributed by atoms with Crippen LogP contribution < -0.4 is 0 Å². The van der Waals surface area contributed by atoms with E-state index in [0.717, 1.165) is 0 Å². The highest BCUT2D eigenvalue weighted by Crippen LogP contribution is 2.32. The molecule has 0 bridgehead atoms. The van der Waals surface area contributed by atoms with Gasteiger partial charge < -0.3 is 99.5 Å². The maximum absolute atomic E-state index is 5.56. The molecule has 0 radical (unpaired) electrons. The fraction of sp³-hybridized carbons (Fsp3) is 1.00. The molecule has 60 heavy (non-hydrogen) atoms. The summed E-state index contributed by atoms with van der Waals surface area (Å²) >= 11 is 0. The van der Waals surface area contributed by atoms with Crippen molar-refractivity contribution in [2.24, 2.45) is 0 Å². The van der Waals surface area contributed by atoms with Gasteiger partial charge in [0.2, 0.25) is 0 Å². The second kappa shape index (κ2) is 40.9. The van der Waals surface area contributed by atoms with Crippen molar-refractivity contribution in [1.29, 1.82) is 0 Å². The van der Waals surface area contributed by atoms with E-state index in [-0.39, 0.29) is 116 Å². The van der Waals surface area contributed by atoms with Crippen molar-refractivity contribution >= 4 is 0 Å². The average Bonchev–Trinajstić information content (AvgIpc) is 4.09. The van der Waals surface area contributed by atoms with Crippen molar-refractivity contribution in [3.05, 3.63) is 0 Å². The van der Waals surface area contributed by atoms with Gasteiger partial charge in [0.05, 0.1) is 39.6 Å². The standard InChI is InChI=1S/3C9H16O5.3C3H8O2.3CH4/c3*1-10-5-14-7-4-13-8-6(11-2)3-12-9(7)8;3*1-4-3-5-2;;;/h3*6-9H,3-5H2,1-2H3;3*3H2,1-2H3;3*1H4/t6?,7-,8?,9?;6-,7+,8?,9?;6-,7-,8?,9?;;;;;;/m001....../s1. The summed E-state index contributed by atoms with van der Waals surface area (Å²) in [5.74, 6) is 0. The van der Waals surface area contributed by atoms with Gasteiger partial charge in [-0.1, -0.05) is 22.3 Å². The van der Waals surface area contributed by atoms with Crippen molar-refractivity contribution in [1.82, 2.24) is 0 Å². The Balaban J connectivity index is -0.000000682. The van der Waals surface area contributed by atoms with Crippen molar-refractivity contribution in [2.45, 2.75) is 95.5 Å². The maximum Gasteiger partial charge on any atom is 0.146 e. The molecule has 7 unspecified atom stereocenters. The molecule has 0 aromatic rings. The molecule has 0 aliphatic carbocycles. The molecule has 0 spiro atoms. The van der Waals surface area contributed by atoms with Gasteiger partial charge in [0.1, 0.15) is 114 Å². The lowest BCUT2D eigenvalue weighted by Crippen LogP contribution is -2.33. The van der Waals surface area contributed by atoms with Gasteiger partial charge in [-0.25, -0.2) is 0 Å². The van der Waals surface area contributed by atoms with E-state index in [1.54, 1.807) is 85.3 Å². The lowest BCUT2D eigenvalue weighted by Gasteiger charge is -2.15. The quantitative estimate of drug-likeness (QED) is 0.181. The molecule has 21 nitrogen and oxygen atoms in total. The first-order chi connectivity index (χ1) is 27.8. The topological polar surface area (TPSA) is 194 Å². The van der Waals surface area contributed by atoms with E-state index in [0.29, 0.717) is 60.0 Å². The zero-order chi connectivity index (χ0) is 42.3. The first-order valence-corrected chi connectivity index (χ1v) is 18.4. The van der Waals surface area contributed by atoms with E-state index >= 15 is 0 Å². The van der Waals surface area contributed by atoms with Crippen LogP contribution in [0, 0.1) is 0 Å². The van der Waals surface area contributed by atoms with Crippen LogP contribution in [0.1, 0.15) is 22.3 Å². The predicted molar refractivity (Wildman–Crippen MR) is 218 cm³/mol. The molecule has 0 N–H and O–H groups in total. The molecular formula is C39H84O21. The third-order valence-electron chi connectivity index (χ3n) is 8.70. The van der Waals surface area contributed by atoms with Crippen LogP contribution in [0.25, 0.3) is 0 Å². The Morgan fingerprint density at radius 2 is 0.433 bits per heavy atom. The Hall–Kier alpha value is -0.840. The molecule has 6 rings (SSSR count). The minimum atomic E-state index is -0.0277. The van der Waals surface area contributed by atoms with Crippen molar-refractivity contribution in [2.75, 3.05) is 166 Å². The van der Waals surface area contributed by atoms with Crippen LogP contribution in [0.3, 0.4) is 0 Å². The van der Waals surface area contributed by atoms with Crippen LogP contribution in [-0.4, -0.2) is 239 Å². The summed E-state index contributed by atoms with van der Waals surface area (Å²) in [7, 11) is 19.3. The summed E-state index contributed by atoms with van der Waals surface area (Å²) < 4.78 is 107. The highest BCUT2D eigenvalue weighted by Gasteiger charge is 2.50. The minimum Gasteiger partial charge on any atom is -0.376 e. The molecule has 0 aromatic heterocycles. The molecular weight excluding hydrogens is 804 g/mol. The Morgan fingerprint density at radius 1 is 0.267 bits per heavy atom. The third-order valence-corrected chi connectivity index (χ3v) is 8.70. The molecule has 0 saturated carbocycles. The molecule has 366 valence electrons. The van der Waals surface area contributed by atoms with Gasteiger partial charge in [-0.05, 0) is 0 Å². The van der Waals surface area contributed by atoms with Crippen LogP contribution in [0.4, 0.5) is 0 Å². The first-order valence-electron chi connectivity index (χ1n) is 18.4. The molecule has 6 aliphatic heterocycles. The summed E-state index contributed by atoms with van der Waals surface area (Å²) in [6.45, 7) is 5.40. The SMILES string of the molecule is C.C.C.COCOC.COCOC.COCOC.COCO[C@@H]1COC2C1OC[C@@H]2OC.COCO[C@@H]1COC2C1OC[C@H]2OC.COCO[C@H]1COC2C(OC)COC21. The summed E-state index contributed by atoms with van der Waals surface area (Å²) in [5.41, 5.74) is 0. The second-order valence-electron chi connectivity index (χ2n) is 12.5. The van der Waals surface area contributed by atoms with E-state index in [1.807, 2.05) is 0 Å². The van der Waals surface area contributed by atoms with E-state index in [1.165, 1.54) is 0 Å². The molecule has 21 heteroatoms. The van der Waals surface area contributed by atoms with E-state index in [2.05, 4.69) is 28.4 Å². The van der Waals surface area contributed by atoms with Gasteiger partial charge in [-0.3, -0.25) is 0 Å².